The minimum Gasteiger partial charge on any atom is -0.397 e. The molecule has 0 aromatic heterocycles. The zero-order chi connectivity index (χ0) is 12.0. The standard InChI is InChI=1S/C12H17BrN2O/c1-9(2)8-16-6-5-15-12-7-10(13)3-4-11(12)14/h3-4,7,15H,1,5-6,8,14H2,2H3. The van der Waals surface area contributed by atoms with E-state index in [1.807, 2.05) is 25.1 Å². The molecule has 1 aromatic rings. The van der Waals surface area contributed by atoms with Crippen LogP contribution in [0.25, 0.3) is 0 Å². The summed E-state index contributed by atoms with van der Waals surface area (Å²) in [6, 6.07) is 5.73. The third kappa shape index (κ3) is 4.68. The predicted octanol–water partition coefficient (Wildman–Crippen LogP) is 3.04. The molecule has 0 spiro atoms. The second-order valence-electron chi connectivity index (χ2n) is 3.67. The number of nitrogens with one attached hydrogen (secondary N) is 1. The van der Waals surface area contributed by atoms with Gasteiger partial charge in [0.1, 0.15) is 0 Å². The van der Waals surface area contributed by atoms with Crippen LogP contribution in [0.2, 0.25) is 0 Å². The molecule has 0 radical (unpaired) electrons. The van der Waals surface area contributed by atoms with E-state index in [4.69, 9.17) is 10.5 Å². The van der Waals surface area contributed by atoms with Crippen molar-refractivity contribution in [3.8, 4) is 0 Å². The molecule has 16 heavy (non-hydrogen) atoms. The Bertz CT molecular complexity index is 366. The van der Waals surface area contributed by atoms with Crippen molar-refractivity contribution in [3.05, 3.63) is 34.8 Å². The first-order valence-corrected chi connectivity index (χ1v) is 5.90. The number of rotatable bonds is 6. The highest BCUT2D eigenvalue weighted by atomic mass is 79.9. The Hall–Kier alpha value is -1.00. The maximum absolute atomic E-state index is 5.81. The van der Waals surface area contributed by atoms with E-state index < -0.39 is 0 Å². The summed E-state index contributed by atoms with van der Waals surface area (Å²) in [4.78, 5) is 0. The number of halogens is 1. The maximum Gasteiger partial charge on any atom is 0.0672 e. The molecule has 1 rings (SSSR count). The van der Waals surface area contributed by atoms with Crippen LogP contribution in [0.1, 0.15) is 6.92 Å². The molecular formula is C12H17BrN2O. The van der Waals surface area contributed by atoms with Crippen LogP contribution in [0, 0.1) is 0 Å². The normalized spacial score (nSPS) is 10.1. The van der Waals surface area contributed by atoms with Gasteiger partial charge in [-0.3, -0.25) is 0 Å². The van der Waals surface area contributed by atoms with Crippen LogP contribution in [-0.2, 0) is 4.74 Å². The molecule has 0 saturated carbocycles. The van der Waals surface area contributed by atoms with E-state index in [9.17, 15) is 0 Å². The van der Waals surface area contributed by atoms with Crippen LogP contribution in [-0.4, -0.2) is 19.8 Å². The number of benzene rings is 1. The first-order chi connectivity index (χ1) is 7.59. The van der Waals surface area contributed by atoms with Crippen molar-refractivity contribution in [2.24, 2.45) is 0 Å². The fourth-order valence-corrected chi connectivity index (χ4v) is 1.55. The Morgan fingerprint density at radius 2 is 2.31 bits per heavy atom. The minimum absolute atomic E-state index is 0.607. The van der Waals surface area contributed by atoms with Gasteiger partial charge in [-0.1, -0.05) is 28.1 Å². The van der Waals surface area contributed by atoms with Gasteiger partial charge in [0.25, 0.3) is 0 Å². The van der Waals surface area contributed by atoms with Gasteiger partial charge >= 0.3 is 0 Å². The largest absolute Gasteiger partial charge is 0.397 e. The Labute approximate surface area is 105 Å². The quantitative estimate of drug-likeness (QED) is 0.480. The lowest BCUT2D eigenvalue weighted by Crippen LogP contribution is -2.11. The smallest absolute Gasteiger partial charge is 0.0672 e. The van der Waals surface area contributed by atoms with Gasteiger partial charge in [0, 0.05) is 11.0 Å². The summed E-state index contributed by atoms with van der Waals surface area (Å²) in [7, 11) is 0. The fourth-order valence-electron chi connectivity index (χ4n) is 1.19. The lowest BCUT2D eigenvalue weighted by molar-refractivity contribution is 0.167. The Balaban J connectivity index is 2.31. The SMILES string of the molecule is C=C(C)COCCNc1cc(Br)ccc1N. The molecule has 4 heteroatoms. The summed E-state index contributed by atoms with van der Waals surface area (Å²) in [5, 5.41) is 3.22. The van der Waals surface area contributed by atoms with Crippen molar-refractivity contribution in [2.75, 3.05) is 30.8 Å². The monoisotopic (exact) mass is 284 g/mol. The molecule has 0 aliphatic heterocycles. The molecule has 1 aromatic carbocycles. The molecule has 0 bridgehead atoms. The number of anilines is 2. The number of nitrogens with two attached hydrogens (primary N) is 1. The van der Waals surface area contributed by atoms with Crippen LogP contribution < -0.4 is 11.1 Å². The lowest BCUT2D eigenvalue weighted by Gasteiger charge is -2.10. The van der Waals surface area contributed by atoms with Crippen LogP contribution >= 0.6 is 15.9 Å². The van der Waals surface area contributed by atoms with Gasteiger partial charge in [0.2, 0.25) is 0 Å². The van der Waals surface area contributed by atoms with E-state index in [1.54, 1.807) is 0 Å². The molecule has 0 saturated heterocycles. The molecule has 0 aliphatic carbocycles. The molecular weight excluding hydrogens is 268 g/mol. The van der Waals surface area contributed by atoms with Gasteiger partial charge in [-0.2, -0.15) is 0 Å². The zero-order valence-corrected chi connectivity index (χ0v) is 11.0. The van der Waals surface area contributed by atoms with Gasteiger partial charge < -0.3 is 15.8 Å². The second-order valence-corrected chi connectivity index (χ2v) is 4.58. The Morgan fingerprint density at radius 1 is 1.56 bits per heavy atom. The van der Waals surface area contributed by atoms with Crippen LogP contribution in [0.5, 0.6) is 0 Å². The molecule has 0 fully saturated rings. The highest BCUT2D eigenvalue weighted by Crippen LogP contribution is 2.22. The summed E-state index contributed by atoms with van der Waals surface area (Å²) in [6.07, 6.45) is 0. The van der Waals surface area contributed by atoms with Gasteiger partial charge in [0.15, 0.2) is 0 Å². The van der Waals surface area contributed by atoms with Gasteiger partial charge in [0.05, 0.1) is 24.6 Å². The maximum atomic E-state index is 5.81. The molecule has 0 heterocycles. The lowest BCUT2D eigenvalue weighted by atomic mass is 10.3. The summed E-state index contributed by atoms with van der Waals surface area (Å²) in [5.41, 5.74) is 8.51. The van der Waals surface area contributed by atoms with Crippen molar-refractivity contribution >= 4 is 27.3 Å². The number of hydrogen-bond acceptors (Lipinski definition) is 3. The molecule has 0 unspecified atom stereocenters. The van der Waals surface area contributed by atoms with Crippen LogP contribution in [0.3, 0.4) is 0 Å². The van der Waals surface area contributed by atoms with Gasteiger partial charge in [-0.15, -0.1) is 0 Å². The first-order valence-electron chi connectivity index (χ1n) is 5.10. The van der Waals surface area contributed by atoms with Crippen molar-refractivity contribution < 1.29 is 4.74 Å². The molecule has 0 amide bonds. The summed E-state index contributed by atoms with van der Waals surface area (Å²) < 4.78 is 6.38. The van der Waals surface area contributed by atoms with Gasteiger partial charge in [-0.25, -0.2) is 0 Å². The van der Waals surface area contributed by atoms with E-state index in [1.165, 1.54) is 0 Å². The predicted molar refractivity (Wildman–Crippen MR) is 72.7 cm³/mol. The highest BCUT2D eigenvalue weighted by Gasteiger charge is 1.98. The molecule has 3 nitrogen and oxygen atoms in total. The molecule has 0 aliphatic rings. The van der Waals surface area contributed by atoms with Crippen LogP contribution in [0.4, 0.5) is 11.4 Å². The average Bonchev–Trinajstić information content (AvgIpc) is 2.22. The van der Waals surface area contributed by atoms with E-state index in [0.29, 0.717) is 13.2 Å². The van der Waals surface area contributed by atoms with E-state index in [-0.39, 0.29) is 0 Å². The van der Waals surface area contributed by atoms with E-state index in [2.05, 4.69) is 27.8 Å². The van der Waals surface area contributed by atoms with E-state index in [0.717, 1.165) is 28.0 Å². The number of nitrogen functional groups attached to an aromatic ring is 1. The highest BCUT2D eigenvalue weighted by molar-refractivity contribution is 9.10. The van der Waals surface area contributed by atoms with Crippen molar-refractivity contribution in [1.29, 1.82) is 0 Å². The molecule has 88 valence electrons. The van der Waals surface area contributed by atoms with Gasteiger partial charge in [-0.05, 0) is 25.1 Å². The van der Waals surface area contributed by atoms with Crippen molar-refractivity contribution in [3.63, 3.8) is 0 Å². The average molecular weight is 285 g/mol. The molecule has 3 N–H and O–H groups in total. The summed E-state index contributed by atoms with van der Waals surface area (Å²) in [6.45, 7) is 7.68. The minimum atomic E-state index is 0.607. The zero-order valence-electron chi connectivity index (χ0n) is 9.42. The number of ether oxygens (including phenoxy) is 1. The number of hydrogen-bond donors (Lipinski definition) is 2. The summed E-state index contributed by atoms with van der Waals surface area (Å²) >= 11 is 3.40. The van der Waals surface area contributed by atoms with E-state index >= 15 is 0 Å². The third-order valence-corrected chi connectivity index (χ3v) is 2.42. The molecule has 0 atom stereocenters. The summed E-state index contributed by atoms with van der Waals surface area (Å²) in [5.74, 6) is 0. The van der Waals surface area contributed by atoms with Crippen molar-refractivity contribution in [2.45, 2.75) is 6.92 Å². The first kappa shape index (κ1) is 13.1. The fraction of sp³-hybridized carbons (Fsp3) is 0.333. The van der Waals surface area contributed by atoms with Crippen molar-refractivity contribution in [1.82, 2.24) is 0 Å². The topological polar surface area (TPSA) is 47.3 Å². The Morgan fingerprint density at radius 3 is 3.00 bits per heavy atom. The second kappa shape index (κ2) is 6.55. The third-order valence-electron chi connectivity index (χ3n) is 1.93. The van der Waals surface area contributed by atoms with Crippen LogP contribution in [0.15, 0.2) is 34.8 Å². The Kier molecular flexibility index (Phi) is 5.35.